The second-order valence-electron chi connectivity index (χ2n) is 4.76. The molecule has 0 atom stereocenters. The van der Waals surface area contributed by atoms with Gasteiger partial charge in [0.1, 0.15) is 11.3 Å². The summed E-state index contributed by atoms with van der Waals surface area (Å²) >= 11 is 11.5. The smallest absolute Gasteiger partial charge is 0.261 e. The van der Waals surface area contributed by atoms with Gasteiger partial charge in [0.2, 0.25) is 0 Å². The Labute approximate surface area is 141 Å². The van der Waals surface area contributed by atoms with Crippen molar-refractivity contribution in [3.8, 4) is 11.1 Å². The van der Waals surface area contributed by atoms with E-state index in [9.17, 15) is 9.59 Å². The molecule has 0 aliphatic carbocycles. The number of aromatic amines is 4. The highest BCUT2D eigenvalue weighted by molar-refractivity contribution is 7.71. The van der Waals surface area contributed by atoms with E-state index in [-0.39, 0.29) is 20.3 Å². The number of pyridine rings is 1. The van der Waals surface area contributed by atoms with Gasteiger partial charge in [0.05, 0.1) is 10.8 Å². The zero-order chi connectivity index (χ0) is 16.1. The van der Waals surface area contributed by atoms with Crippen molar-refractivity contribution in [3.05, 3.63) is 47.1 Å². The Bertz CT molecular complexity index is 1210. The summed E-state index contributed by atoms with van der Waals surface area (Å²) in [6.07, 6.45) is 0. The number of nitrogens with zero attached hydrogens (tertiary/aromatic N) is 1. The topological polar surface area (TPSA) is 110 Å². The molecule has 7 nitrogen and oxygen atoms in total. The maximum atomic E-state index is 12.4. The quantitative estimate of drug-likeness (QED) is 0.308. The SMILES string of the molecule is O=c1[nH]c(=S)[nH]c2nc3[nH]c(=S)[nH]c(=O)c3c(-c3ccsc3)c12. The Morgan fingerprint density at radius 2 is 1.48 bits per heavy atom. The summed E-state index contributed by atoms with van der Waals surface area (Å²) in [4.78, 5) is 39.9. The van der Waals surface area contributed by atoms with Gasteiger partial charge in [-0.15, -0.1) is 0 Å². The minimum absolute atomic E-state index is 0.161. The molecular weight excluding hydrogens is 354 g/mol. The predicted octanol–water partition coefficient (Wildman–Crippen LogP) is 2.61. The lowest BCUT2D eigenvalue weighted by atomic mass is 10.0. The largest absolute Gasteiger partial charge is 0.316 e. The first-order chi connectivity index (χ1) is 11.0. The molecule has 4 aromatic rings. The van der Waals surface area contributed by atoms with Crippen molar-refractivity contribution in [1.82, 2.24) is 24.9 Å². The van der Waals surface area contributed by atoms with Gasteiger partial charge in [-0.05, 0) is 46.8 Å². The normalized spacial score (nSPS) is 11.3. The number of thiophene rings is 1. The monoisotopic (exact) mass is 361 g/mol. The molecule has 10 heteroatoms. The maximum absolute atomic E-state index is 12.4. The van der Waals surface area contributed by atoms with Crippen LogP contribution in [0.3, 0.4) is 0 Å². The Hall–Kier alpha value is -2.43. The van der Waals surface area contributed by atoms with Gasteiger partial charge in [-0.2, -0.15) is 11.3 Å². The first-order valence-corrected chi connectivity index (χ1v) is 8.16. The summed E-state index contributed by atoms with van der Waals surface area (Å²) in [6, 6.07) is 1.83. The van der Waals surface area contributed by atoms with Crippen LogP contribution in [0, 0.1) is 9.54 Å². The molecule has 114 valence electrons. The average molecular weight is 361 g/mol. The molecule has 0 saturated heterocycles. The number of H-pyrrole nitrogens is 4. The predicted molar refractivity (Wildman–Crippen MR) is 94.2 cm³/mol. The Morgan fingerprint density at radius 3 is 1.96 bits per heavy atom. The number of rotatable bonds is 1. The van der Waals surface area contributed by atoms with Crippen molar-refractivity contribution in [2.45, 2.75) is 0 Å². The third-order valence-electron chi connectivity index (χ3n) is 3.38. The number of fused-ring (bicyclic) bond motifs is 2. The van der Waals surface area contributed by atoms with E-state index in [1.165, 1.54) is 11.3 Å². The van der Waals surface area contributed by atoms with Crippen LogP contribution in [0.4, 0.5) is 0 Å². The van der Waals surface area contributed by atoms with E-state index in [1.54, 1.807) is 0 Å². The third kappa shape index (κ3) is 2.19. The highest BCUT2D eigenvalue weighted by atomic mass is 32.1. The molecule has 0 unspecified atom stereocenters. The molecule has 4 aromatic heterocycles. The first kappa shape index (κ1) is 14.2. The van der Waals surface area contributed by atoms with Crippen LogP contribution in [0.25, 0.3) is 33.2 Å². The van der Waals surface area contributed by atoms with Gasteiger partial charge in [0, 0.05) is 5.56 Å². The van der Waals surface area contributed by atoms with Gasteiger partial charge in [-0.1, -0.05) is 0 Å². The first-order valence-electron chi connectivity index (χ1n) is 6.40. The van der Waals surface area contributed by atoms with E-state index >= 15 is 0 Å². The second kappa shape index (κ2) is 5.05. The number of aromatic nitrogens is 5. The van der Waals surface area contributed by atoms with Crippen molar-refractivity contribution in [2.75, 3.05) is 0 Å². The Balaban J connectivity index is 2.42. The number of hydrogen-bond donors (Lipinski definition) is 4. The number of nitrogens with one attached hydrogen (secondary N) is 4. The fourth-order valence-electron chi connectivity index (χ4n) is 2.51. The lowest BCUT2D eigenvalue weighted by Crippen LogP contribution is -2.15. The van der Waals surface area contributed by atoms with Crippen LogP contribution < -0.4 is 11.1 Å². The van der Waals surface area contributed by atoms with Gasteiger partial charge in [0.15, 0.2) is 9.54 Å². The van der Waals surface area contributed by atoms with E-state index in [4.69, 9.17) is 24.4 Å². The van der Waals surface area contributed by atoms with E-state index in [0.717, 1.165) is 5.56 Å². The molecule has 23 heavy (non-hydrogen) atoms. The van der Waals surface area contributed by atoms with E-state index < -0.39 is 11.1 Å². The molecule has 0 radical (unpaired) electrons. The highest BCUT2D eigenvalue weighted by Crippen LogP contribution is 2.31. The third-order valence-corrected chi connectivity index (χ3v) is 4.47. The summed E-state index contributed by atoms with van der Waals surface area (Å²) in [5.74, 6) is 0. The average Bonchev–Trinajstić information content (AvgIpc) is 2.98. The second-order valence-corrected chi connectivity index (χ2v) is 6.36. The molecule has 0 bridgehead atoms. The Morgan fingerprint density at radius 1 is 0.913 bits per heavy atom. The van der Waals surface area contributed by atoms with Gasteiger partial charge in [-0.25, -0.2) is 4.98 Å². The molecule has 0 aliphatic rings. The minimum atomic E-state index is -0.402. The van der Waals surface area contributed by atoms with Gasteiger partial charge in [-0.3, -0.25) is 19.6 Å². The van der Waals surface area contributed by atoms with E-state index in [0.29, 0.717) is 16.9 Å². The van der Waals surface area contributed by atoms with Gasteiger partial charge in [0.25, 0.3) is 11.1 Å². The fraction of sp³-hybridized carbons (Fsp3) is 0. The molecular formula is C13H7N5O2S3. The maximum Gasteiger partial charge on any atom is 0.261 e. The Kier molecular flexibility index (Phi) is 3.11. The lowest BCUT2D eigenvalue weighted by Gasteiger charge is -2.08. The van der Waals surface area contributed by atoms with E-state index in [1.807, 2.05) is 16.8 Å². The van der Waals surface area contributed by atoms with Crippen LogP contribution in [0.15, 0.2) is 26.4 Å². The van der Waals surface area contributed by atoms with Crippen LogP contribution >= 0.6 is 35.8 Å². The summed E-state index contributed by atoms with van der Waals surface area (Å²) in [6.45, 7) is 0. The molecule has 0 aromatic carbocycles. The molecule has 0 amide bonds. The van der Waals surface area contributed by atoms with Gasteiger partial charge < -0.3 is 9.97 Å². The molecule has 4 N–H and O–H groups in total. The van der Waals surface area contributed by atoms with Gasteiger partial charge >= 0.3 is 0 Å². The molecule has 0 saturated carbocycles. The summed E-state index contributed by atoms with van der Waals surface area (Å²) in [5, 5.41) is 4.28. The molecule has 0 fully saturated rings. The number of hydrogen-bond acceptors (Lipinski definition) is 6. The summed E-state index contributed by atoms with van der Waals surface area (Å²) in [5.41, 5.74) is 1.03. The highest BCUT2D eigenvalue weighted by Gasteiger charge is 2.18. The summed E-state index contributed by atoms with van der Waals surface area (Å²) in [7, 11) is 0. The minimum Gasteiger partial charge on any atom is -0.316 e. The van der Waals surface area contributed by atoms with Crippen LogP contribution in [0.5, 0.6) is 0 Å². The van der Waals surface area contributed by atoms with Crippen molar-refractivity contribution >= 4 is 57.8 Å². The van der Waals surface area contributed by atoms with Crippen LogP contribution in [0.2, 0.25) is 0 Å². The molecule has 0 aliphatic heterocycles. The van der Waals surface area contributed by atoms with Crippen LogP contribution in [0.1, 0.15) is 0 Å². The van der Waals surface area contributed by atoms with Crippen molar-refractivity contribution < 1.29 is 0 Å². The molecule has 4 rings (SSSR count). The zero-order valence-electron chi connectivity index (χ0n) is 11.2. The zero-order valence-corrected chi connectivity index (χ0v) is 13.7. The van der Waals surface area contributed by atoms with Crippen molar-refractivity contribution in [2.24, 2.45) is 0 Å². The van der Waals surface area contributed by atoms with Crippen molar-refractivity contribution in [3.63, 3.8) is 0 Å². The standard InChI is InChI=1S/C13H7N5O2S3/c19-10-6-5(4-1-2-23-3-4)7-9(16-13(22)18-11(7)20)14-8(6)15-12(21)17-10/h1-3H,(H4,14,15,16,17,18,19,20,21,22). The molecule has 4 heterocycles. The van der Waals surface area contributed by atoms with Crippen molar-refractivity contribution in [1.29, 1.82) is 0 Å². The van der Waals surface area contributed by atoms with Crippen LogP contribution in [-0.2, 0) is 0 Å². The fourth-order valence-corrected chi connectivity index (χ4v) is 3.54. The molecule has 0 spiro atoms. The summed E-state index contributed by atoms with van der Waals surface area (Å²) < 4.78 is 0.322. The van der Waals surface area contributed by atoms with E-state index in [2.05, 4.69) is 24.9 Å². The van der Waals surface area contributed by atoms with Crippen LogP contribution in [-0.4, -0.2) is 24.9 Å². The lowest BCUT2D eigenvalue weighted by molar-refractivity contribution is 1.09.